The van der Waals surface area contributed by atoms with Gasteiger partial charge in [0.15, 0.2) is 5.58 Å². The maximum absolute atomic E-state index is 7.12. The Morgan fingerprint density at radius 2 is 0.800 bits per heavy atom. The molecule has 0 bridgehead atoms. The topological polar surface area (TPSA) is 34.8 Å². The maximum Gasteiger partial charge on any atom is 0.260 e. The minimum absolute atomic E-state index is 0.110. The van der Waals surface area contributed by atoms with E-state index in [1.807, 2.05) is 6.07 Å². The van der Waals surface area contributed by atoms with Crippen molar-refractivity contribution >= 4 is 62.1 Å². The number of nitrogens with zero attached hydrogens (tertiary/aromatic N) is 1. The van der Waals surface area contributed by atoms with Crippen LogP contribution >= 0.6 is 0 Å². The van der Waals surface area contributed by atoms with Gasteiger partial charge in [0, 0.05) is 39.6 Å². The van der Waals surface area contributed by atoms with E-state index in [1.54, 1.807) is 0 Å². The lowest BCUT2D eigenvalue weighted by Crippen LogP contribution is -2.57. The minimum Gasteiger partial charge on any atom is -0.458 e. The predicted octanol–water partition coefficient (Wildman–Crippen LogP) is 14.5. The van der Waals surface area contributed by atoms with Crippen molar-refractivity contribution in [2.24, 2.45) is 0 Å². The third-order valence-corrected chi connectivity index (χ3v) is 13.0. The second-order valence-corrected chi connectivity index (χ2v) is 16.8. The van der Waals surface area contributed by atoms with Gasteiger partial charge in [-0.25, -0.2) is 0 Å². The highest BCUT2D eigenvalue weighted by molar-refractivity contribution is 6.98. The molecule has 65 heavy (non-hydrogen) atoms. The molecule has 2 aliphatic heterocycles. The number of furan rings is 1. The lowest BCUT2D eigenvalue weighted by Gasteiger charge is -2.35. The molecule has 0 N–H and O–H groups in total. The van der Waals surface area contributed by atoms with Gasteiger partial charge in [-0.05, 0) is 80.2 Å². The second kappa shape index (κ2) is 15.1. The molecule has 0 unspecified atom stereocenters. The summed E-state index contributed by atoms with van der Waals surface area (Å²) >= 11 is 0. The monoisotopic (exact) mass is 831 g/mol. The first-order valence-corrected chi connectivity index (χ1v) is 22.1. The number of hydrogen-bond acceptors (Lipinski definition) is 4. The number of anilines is 3. The van der Waals surface area contributed by atoms with Crippen LogP contribution in [0.1, 0.15) is 0 Å². The molecule has 4 nitrogen and oxygen atoms in total. The van der Waals surface area contributed by atoms with Crippen LogP contribution in [-0.2, 0) is 0 Å². The largest absolute Gasteiger partial charge is 0.458 e. The fraction of sp³-hybridized carbons (Fsp3) is 0. The highest BCUT2D eigenvalue weighted by Gasteiger charge is 2.41. The summed E-state index contributed by atoms with van der Waals surface area (Å²) in [6, 6.07) is 81.2. The lowest BCUT2D eigenvalue weighted by atomic mass is 9.34. The van der Waals surface area contributed by atoms with Gasteiger partial charge in [-0.15, -0.1) is 0 Å². The molecule has 0 atom stereocenters. The molecule has 0 saturated carbocycles. The molecule has 0 saturated heterocycles. The zero-order valence-corrected chi connectivity index (χ0v) is 35.2. The Hall–Kier alpha value is -8.54. The van der Waals surface area contributed by atoms with E-state index in [2.05, 4.69) is 229 Å². The average molecular weight is 832 g/mol. The normalized spacial score (nSPS) is 12.2. The van der Waals surface area contributed by atoms with Gasteiger partial charge in [0.05, 0.1) is 11.4 Å². The van der Waals surface area contributed by atoms with Crippen molar-refractivity contribution in [1.29, 1.82) is 0 Å². The molecule has 2 aliphatic rings. The van der Waals surface area contributed by atoms with E-state index in [0.29, 0.717) is 0 Å². The standard InChI is InChI=1S/C60H38BNO3/c1-5-16-39(17-6-1)43-24-13-25-46(34-43)62(53-29-15-28-50-49-27-14-26-48(59(49)65-60(50)53)42-22-11-4-12-23-42)47-37-56-58-57(38-47)64-55-36-45(41-20-9-3-10-21-41)31-33-52(55)61(58)51-32-30-44(35-54(51)63-56)40-18-7-2-8-19-40/h1-38H. The molecule has 1 aromatic heterocycles. The Morgan fingerprint density at radius 1 is 0.323 bits per heavy atom. The summed E-state index contributed by atoms with van der Waals surface area (Å²) in [5.74, 6) is 3.17. The Bertz CT molecular complexity index is 3490. The van der Waals surface area contributed by atoms with Crippen LogP contribution < -0.4 is 30.8 Å². The van der Waals surface area contributed by atoms with E-state index in [-0.39, 0.29) is 6.71 Å². The summed E-state index contributed by atoms with van der Waals surface area (Å²) in [7, 11) is 0. The number of para-hydroxylation sites is 2. The van der Waals surface area contributed by atoms with Crippen molar-refractivity contribution in [1.82, 2.24) is 0 Å². The molecular weight excluding hydrogens is 793 g/mol. The molecular formula is C60H38BNO3. The molecule has 304 valence electrons. The first kappa shape index (κ1) is 37.1. The molecule has 0 fully saturated rings. The summed E-state index contributed by atoms with van der Waals surface area (Å²) < 4.78 is 21.3. The van der Waals surface area contributed by atoms with Gasteiger partial charge in [-0.2, -0.15) is 0 Å². The first-order valence-electron chi connectivity index (χ1n) is 22.1. The fourth-order valence-corrected chi connectivity index (χ4v) is 9.94. The van der Waals surface area contributed by atoms with Crippen molar-refractivity contribution < 1.29 is 13.9 Å². The van der Waals surface area contributed by atoms with E-state index < -0.39 is 0 Å². The molecule has 5 heteroatoms. The summed E-state index contributed by atoms with van der Waals surface area (Å²) in [5, 5.41) is 2.10. The van der Waals surface area contributed by atoms with Gasteiger partial charge in [0.2, 0.25) is 0 Å². The van der Waals surface area contributed by atoms with Gasteiger partial charge in [0.1, 0.15) is 28.6 Å². The molecule has 10 aromatic carbocycles. The third-order valence-electron chi connectivity index (χ3n) is 13.0. The number of rotatable bonds is 7. The zero-order valence-electron chi connectivity index (χ0n) is 35.2. The molecule has 0 radical (unpaired) electrons. The number of ether oxygens (including phenoxy) is 2. The van der Waals surface area contributed by atoms with E-state index >= 15 is 0 Å². The Kier molecular flexibility index (Phi) is 8.60. The van der Waals surface area contributed by atoms with Gasteiger partial charge in [-0.1, -0.05) is 188 Å². The smallest absolute Gasteiger partial charge is 0.260 e. The maximum atomic E-state index is 7.12. The first-order chi connectivity index (χ1) is 32.2. The van der Waals surface area contributed by atoms with E-state index in [1.165, 1.54) is 0 Å². The number of hydrogen-bond donors (Lipinski definition) is 0. The Labute approximate surface area is 377 Å². The molecule has 0 amide bonds. The Morgan fingerprint density at radius 3 is 1.37 bits per heavy atom. The summed E-state index contributed by atoms with van der Waals surface area (Å²) in [6.07, 6.45) is 0. The fourth-order valence-electron chi connectivity index (χ4n) is 9.94. The summed E-state index contributed by atoms with van der Waals surface area (Å²) in [5.41, 5.74) is 16.5. The van der Waals surface area contributed by atoms with Crippen LogP contribution in [0.15, 0.2) is 235 Å². The zero-order chi connectivity index (χ0) is 42.8. The van der Waals surface area contributed by atoms with Crippen molar-refractivity contribution in [3.05, 3.63) is 231 Å². The van der Waals surface area contributed by atoms with Crippen LogP contribution in [0.3, 0.4) is 0 Å². The number of fused-ring (bicyclic) bond motifs is 7. The van der Waals surface area contributed by atoms with Crippen LogP contribution in [0.2, 0.25) is 0 Å². The molecule has 11 aromatic rings. The summed E-state index contributed by atoms with van der Waals surface area (Å²) in [6.45, 7) is -0.110. The van der Waals surface area contributed by atoms with Crippen LogP contribution in [0, 0.1) is 0 Å². The second-order valence-electron chi connectivity index (χ2n) is 16.8. The highest BCUT2D eigenvalue weighted by atomic mass is 16.5. The van der Waals surface area contributed by atoms with Crippen LogP contribution in [0.5, 0.6) is 23.0 Å². The van der Waals surface area contributed by atoms with E-state index in [0.717, 1.165) is 123 Å². The van der Waals surface area contributed by atoms with Crippen LogP contribution in [0.25, 0.3) is 66.4 Å². The SMILES string of the molecule is c1ccc(-c2cccc(N(c3cc4c5c(c3)Oc3cc(-c6ccccc6)ccc3B5c3ccc(-c5ccccc5)cc3O4)c3cccc4c3oc3c(-c5ccccc5)cccc34)c2)cc1. The molecule has 3 heterocycles. The van der Waals surface area contributed by atoms with Gasteiger partial charge in [0.25, 0.3) is 6.71 Å². The van der Waals surface area contributed by atoms with Gasteiger partial charge >= 0.3 is 0 Å². The molecule has 0 aliphatic carbocycles. The van der Waals surface area contributed by atoms with Crippen molar-refractivity contribution in [3.8, 4) is 67.5 Å². The van der Waals surface area contributed by atoms with Crippen molar-refractivity contribution in [2.45, 2.75) is 0 Å². The van der Waals surface area contributed by atoms with E-state index in [4.69, 9.17) is 13.9 Å². The molecule has 13 rings (SSSR count). The minimum atomic E-state index is -0.110. The predicted molar refractivity (Wildman–Crippen MR) is 268 cm³/mol. The summed E-state index contributed by atoms with van der Waals surface area (Å²) in [4.78, 5) is 2.30. The third kappa shape index (κ3) is 6.23. The van der Waals surface area contributed by atoms with Crippen LogP contribution in [-0.4, -0.2) is 6.71 Å². The van der Waals surface area contributed by atoms with Gasteiger partial charge < -0.3 is 18.8 Å². The highest BCUT2D eigenvalue weighted by Crippen LogP contribution is 2.48. The quantitative estimate of drug-likeness (QED) is 0.150. The Balaban J connectivity index is 1.05. The van der Waals surface area contributed by atoms with Crippen LogP contribution in [0.4, 0.5) is 17.1 Å². The lowest BCUT2D eigenvalue weighted by molar-refractivity contribution is 0.465. The molecule has 0 spiro atoms. The van der Waals surface area contributed by atoms with Gasteiger partial charge in [-0.3, -0.25) is 0 Å². The average Bonchev–Trinajstić information content (AvgIpc) is 3.77. The number of benzene rings is 10. The van der Waals surface area contributed by atoms with E-state index in [9.17, 15) is 0 Å². The van der Waals surface area contributed by atoms with Crippen molar-refractivity contribution in [3.63, 3.8) is 0 Å². The van der Waals surface area contributed by atoms with Crippen molar-refractivity contribution in [2.75, 3.05) is 4.90 Å².